The normalized spacial score (nSPS) is 15.4. The lowest BCUT2D eigenvalue weighted by Crippen LogP contribution is -2.32. The average Bonchev–Trinajstić information content (AvgIpc) is 3.15. The lowest BCUT2D eigenvalue weighted by Gasteiger charge is -2.27. The number of benzene rings is 1. The first-order valence-electron chi connectivity index (χ1n) is 8.83. The van der Waals surface area contributed by atoms with Crippen molar-refractivity contribution >= 4 is 38.7 Å². The number of anilines is 1. The standard InChI is InChI=1S/C17H20N6O2S2/c1-12-10-13(20-17(19-12)23-8-3-2-4-9-23)11-18-27(24,25)15-7-5-6-14-16(15)22-26-21-14/h5-7,10,18H,2-4,8-9,11H2,1H3. The van der Waals surface area contributed by atoms with Crippen LogP contribution in [0.15, 0.2) is 29.2 Å². The highest BCUT2D eigenvalue weighted by molar-refractivity contribution is 7.89. The van der Waals surface area contributed by atoms with Gasteiger partial charge in [0.25, 0.3) is 0 Å². The van der Waals surface area contributed by atoms with E-state index in [0.717, 1.165) is 43.4 Å². The number of sulfonamides is 1. The minimum absolute atomic E-state index is 0.0977. The van der Waals surface area contributed by atoms with E-state index in [-0.39, 0.29) is 11.4 Å². The molecule has 0 saturated carbocycles. The molecule has 2 aromatic heterocycles. The van der Waals surface area contributed by atoms with E-state index in [2.05, 4.69) is 28.3 Å². The maximum atomic E-state index is 12.8. The zero-order chi connectivity index (χ0) is 18.9. The van der Waals surface area contributed by atoms with Crippen LogP contribution >= 0.6 is 11.7 Å². The highest BCUT2D eigenvalue weighted by Crippen LogP contribution is 2.21. The summed E-state index contributed by atoms with van der Waals surface area (Å²) in [7, 11) is -3.73. The summed E-state index contributed by atoms with van der Waals surface area (Å²) >= 11 is 0.999. The molecule has 142 valence electrons. The Labute approximate surface area is 162 Å². The Morgan fingerprint density at radius 3 is 2.78 bits per heavy atom. The van der Waals surface area contributed by atoms with E-state index in [9.17, 15) is 8.42 Å². The van der Waals surface area contributed by atoms with Gasteiger partial charge in [0.15, 0.2) is 0 Å². The van der Waals surface area contributed by atoms with E-state index in [1.165, 1.54) is 12.5 Å². The van der Waals surface area contributed by atoms with Gasteiger partial charge in [-0.2, -0.15) is 8.75 Å². The molecule has 8 nitrogen and oxygen atoms in total. The highest BCUT2D eigenvalue weighted by Gasteiger charge is 2.20. The van der Waals surface area contributed by atoms with Gasteiger partial charge in [-0.15, -0.1) is 0 Å². The van der Waals surface area contributed by atoms with Gasteiger partial charge in [-0.3, -0.25) is 0 Å². The van der Waals surface area contributed by atoms with Gasteiger partial charge in [0.1, 0.15) is 15.9 Å². The molecule has 10 heteroatoms. The van der Waals surface area contributed by atoms with Crippen molar-refractivity contribution in [1.82, 2.24) is 23.4 Å². The molecular weight excluding hydrogens is 384 g/mol. The summed E-state index contributed by atoms with van der Waals surface area (Å²) in [6, 6.07) is 6.76. The van der Waals surface area contributed by atoms with Crippen LogP contribution in [0.2, 0.25) is 0 Å². The fourth-order valence-corrected chi connectivity index (χ4v) is 4.95. The summed E-state index contributed by atoms with van der Waals surface area (Å²) in [4.78, 5) is 11.4. The molecule has 1 saturated heterocycles. The van der Waals surface area contributed by atoms with Gasteiger partial charge < -0.3 is 4.90 Å². The molecule has 0 atom stereocenters. The number of hydrogen-bond donors (Lipinski definition) is 1. The van der Waals surface area contributed by atoms with E-state index in [4.69, 9.17) is 0 Å². The van der Waals surface area contributed by atoms with Gasteiger partial charge in [-0.25, -0.2) is 23.1 Å². The van der Waals surface area contributed by atoms with Crippen LogP contribution in [0.5, 0.6) is 0 Å². The van der Waals surface area contributed by atoms with Crippen LogP contribution in [0, 0.1) is 6.92 Å². The Bertz CT molecular complexity index is 1060. The van der Waals surface area contributed by atoms with Crippen LogP contribution < -0.4 is 9.62 Å². The first kappa shape index (κ1) is 18.2. The molecule has 0 amide bonds. The molecule has 3 aromatic rings. The SMILES string of the molecule is Cc1cc(CNS(=O)(=O)c2cccc3nsnc23)nc(N2CCCCC2)n1. The van der Waals surface area contributed by atoms with Gasteiger partial charge in [-0.1, -0.05) is 6.07 Å². The predicted molar refractivity (Wildman–Crippen MR) is 104 cm³/mol. The summed E-state index contributed by atoms with van der Waals surface area (Å²) < 4.78 is 36.4. The molecule has 27 heavy (non-hydrogen) atoms. The Morgan fingerprint density at radius 2 is 1.96 bits per heavy atom. The Kier molecular flexibility index (Phi) is 5.02. The summed E-state index contributed by atoms with van der Waals surface area (Å²) in [5.74, 6) is 0.676. The Hall–Kier alpha value is -2.17. The molecule has 1 aliphatic heterocycles. The van der Waals surface area contributed by atoms with Crippen LogP contribution in [0.25, 0.3) is 11.0 Å². The largest absolute Gasteiger partial charge is 0.341 e. The molecule has 1 aromatic carbocycles. The van der Waals surface area contributed by atoms with Gasteiger partial charge in [-0.05, 0) is 44.4 Å². The van der Waals surface area contributed by atoms with Crippen molar-refractivity contribution in [2.45, 2.75) is 37.6 Å². The summed E-state index contributed by atoms with van der Waals surface area (Å²) in [6.45, 7) is 3.87. The van der Waals surface area contributed by atoms with Gasteiger partial charge in [0.2, 0.25) is 16.0 Å². The summed E-state index contributed by atoms with van der Waals surface area (Å²) in [5.41, 5.74) is 2.44. The van der Waals surface area contributed by atoms with Gasteiger partial charge >= 0.3 is 0 Å². The number of hydrogen-bond acceptors (Lipinski definition) is 8. The highest BCUT2D eigenvalue weighted by atomic mass is 32.2. The number of nitrogens with one attached hydrogen (secondary N) is 1. The van der Waals surface area contributed by atoms with Gasteiger partial charge in [0.05, 0.1) is 24.0 Å². The Balaban J connectivity index is 1.56. The quantitative estimate of drug-likeness (QED) is 0.696. The second-order valence-electron chi connectivity index (χ2n) is 6.56. The second-order valence-corrected chi connectivity index (χ2v) is 8.82. The minimum Gasteiger partial charge on any atom is -0.341 e. The number of aryl methyl sites for hydroxylation is 1. The number of fused-ring (bicyclic) bond motifs is 1. The van der Waals surface area contributed by atoms with Crippen LogP contribution in [-0.4, -0.2) is 40.2 Å². The minimum atomic E-state index is -3.73. The predicted octanol–water partition coefficient (Wildman–Crippen LogP) is 2.26. The van der Waals surface area contributed by atoms with E-state index in [1.54, 1.807) is 18.2 Å². The number of piperidine rings is 1. The maximum absolute atomic E-state index is 12.8. The zero-order valence-corrected chi connectivity index (χ0v) is 16.6. The summed E-state index contributed by atoms with van der Waals surface area (Å²) in [6.07, 6.45) is 3.49. The molecule has 4 rings (SSSR count). The first-order chi connectivity index (χ1) is 13.0. The van der Waals surface area contributed by atoms with E-state index in [1.807, 2.05) is 6.92 Å². The van der Waals surface area contributed by atoms with Crippen molar-refractivity contribution in [3.63, 3.8) is 0 Å². The molecule has 0 radical (unpaired) electrons. The number of aromatic nitrogens is 4. The van der Waals surface area contributed by atoms with Crippen molar-refractivity contribution in [3.05, 3.63) is 35.7 Å². The molecule has 0 unspecified atom stereocenters. The van der Waals surface area contributed by atoms with Gasteiger partial charge in [0, 0.05) is 18.8 Å². The van der Waals surface area contributed by atoms with E-state index in [0.29, 0.717) is 22.7 Å². The van der Waals surface area contributed by atoms with Crippen molar-refractivity contribution in [1.29, 1.82) is 0 Å². The van der Waals surface area contributed by atoms with Crippen molar-refractivity contribution in [2.75, 3.05) is 18.0 Å². The Morgan fingerprint density at radius 1 is 1.15 bits per heavy atom. The van der Waals surface area contributed by atoms with Crippen LogP contribution in [0.4, 0.5) is 5.95 Å². The van der Waals surface area contributed by atoms with Crippen molar-refractivity contribution < 1.29 is 8.42 Å². The molecule has 1 N–H and O–H groups in total. The third-order valence-electron chi connectivity index (χ3n) is 4.52. The fourth-order valence-electron chi connectivity index (χ4n) is 3.19. The third kappa shape index (κ3) is 3.92. The van der Waals surface area contributed by atoms with Crippen molar-refractivity contribution in [2.24, 2.45) is 0 Å². The zero-order valence-electron chi connectivity index (χ0n) is 14.9. The lowest BCUT2D eigenvalue weighted by atomic mass is 10.1. The van der Waals surface area contributed by atoms with E-state index >= 15 is 0 Å². The lowest BCUT2D eigenvalue weighted by molar-refractivity contribution is 0.565. The monoisotopic (exact) mass is 404 g/mol. The third-order valence-corrected chi connectivity index (χ3v) is 6.49. The first-order valence-corrected chi connectivity index (χ1v) is 11.0. The fraction of sp³-hybridized carbons (Fsp3) is 0.412. The molecular formula is C17H20N6O2S2. The van der Waals surface area contributed by atoms with Crippen LogP contribution in [0.3, 0.4) is 0 Å². The summed E-state index contributed by atoms with van der Waals surface area (Å²) in [5, 5.41) is 0. The maximum Gasteiger partial charge on any atom is 0.243 e. The molecule has 0 aliphatic carbocycles. The number of rotatable bonds is 5. The smallest absolute Gasteiger partial charge is 0.243 e. The molecule has 0 spiro atoms. The van der Waals surface area contributed by atoms with E-state index < -0.39 is 10.0 Å². The second kappa shape index (κ2) is 7.45. The molecule has 1 aliphatic rings. The molecule has 0 bridgehead atoms. The topological polar surface area (TPSA) is 101 Å². The van der Waals surface area contributed by atoms with Crippen LogP contribution in [0.1, 0.15) is 30.7 Å². The molecule has 1 fully saturated rings. The van der Waals surface area contributed by atoms with Crippen molar-refractivity contribution in [3.8, 4) is 0 Å². The number of nitrogens with zero attached hydrogens (tertiary/aromatic N) is 5. The van der Waals surface area contributed by atoms with Crippen LogP contribution in [-0.2, 0) is 16.6 Å². The molecule has 3 heterocycles. The average molecular weight is 405 g/mol.